The zero-order valence-electron chi connectivity index (χ0n) is 11.1. The van der Waals surface area contributed by atoms with Gasteiger partial charge in [-0.15, -0.1) is 0 Å². The second-order valence-electron chi connectivity index (χ2n) is 4.31. The number of likely N-dealkylation sites (N-methyl/N-ethyl adjacent to an activating group) is 1. The fourth-order valence-electron chi connectivity index (χ4n) is 1.98. The Hall–Kier alpha value is -1.40. The smallest absolute Gasteiger partial charge is 0.270 e. The fourth-order valence-corrected chi connectivity index (χ4v) is 1.98. The molecular formula is C12H22N4O2. The zero-order chi connectivity index (χ0) is 13.5. The Morgan fingerprint density at radius 2 is 2.22 bits per heavy atom. The Kier molecular flexibility index (Phi) is 5.80. The highest BCUT2D eigenvalue weighted by atomic mass is 16.6. The van der Waals surface area contributed by atoms with Crippen molar-refractivity contribution in [2.45, 2.75) is 26.3 Å². The van der Waals surface area contributed by atoms with Crippen molar-refractivity contribution in [1.29, 1.82) is 0 Å². The summed E-state index contributed by atoms with van der Waals surface area (Å²) in [6, 6.07) is 0.00765. The summed E-state index contributed by atoms with van der Waals surface area (Å²) in [6.45, 7) is 8.06. The molecule has 1 aliphatic rings. The molecule has 0 amide bonds. The summed E-state index contributed by atoms with van der Waals surface area (Å²) in [5, 5.41) is 14.1. The lowest BCUT2D eigenvalue weighted by Crippen LogP contribution is -2.38. The first-order valence-corrected chi connectivity index (χ1v) is 6.35. The molecule has 0 aromatic rings. The van der Waals surface area contributed by atoms with E-state index >= 15 is 0 Å². The number of rotatable bonds is 7. The quantitative estimate of drug-likeness (QED) is 0.516. The van der Waals surface area contributed by atoms with Crippen LogP contribution in [0.3, 0.4) is 0 Å². The van der Waals surface area contributed by atoms with E-state index in [0.29, 0.717) is 6.42 Å². The summed E-state index contributed by atoms with van der Waals surface area (Å²) in [5.74, 6) is 0. The Balaban J connectivity index is 2.39. The monoisotopic (exact) mass is 254 g/mol. The average molecular weight is 254 g/mol. The van der Waals surface area contributed by atoms with E-state index in [1.807, 2.05) is 6.08 Å². The van der Waals surface area contributed by atoms with Crippen molar-refractivity contribution in [2.24, 2.45) is 5.73 Å². The van der Waals surface area contributed by atoms with E-state index in [1.165, 1.54) is 0 Å². The minimum absolute atomic E-state index is 0.00765. The van der Waals surface area contributed by atoms with Gasteiger partial charge in [-0.2, -0.15) is 0 Å². The Labute approximate surface area is 108 Å². The molecule has 6 heteroatoms. The zero-order valence-corrected chi connectivity index (χ0v) is 11.1. The summed E-state index contributed by atoms with van der Waals surface area (Å²) in [5.41, 5.74) is 5.95. The van der Waals surface area contributed by atoms with E-state index in [-0.39, 0.29) is 17.4 Å². The van der Waals surface area contributed by atoms with E-state index in [9.17, 15) is 10.1 Å². The summed E-state index contributed by atoms with van der Waals surface area (Å²) < 4.78 is 0. The van der Waals surface area contributed by atoms with E-state index < -0.39 is 4.92 Å². The summed E-state index contributed by atoms with van der Waals surface area (Å²) >= 11 is 0. The molecule has 6 nitrogen and oxygen atoms in total. The molecule has 18 heavy (non-hydrogen) atoms. The van der Waals surface area contributed by atoms with Gasteiger partial charge in [0.05, 0.1) is 11.3 Å². The third-order valence-corrected chi connectivity index (χ3v) is 3.20. The third kappa shape index (κ3) is 4.12. The van der Waals surface area contributed by atoms with Gasteiger partial charge in [0.1, 0.15) is 5.70 Å². The molecule has 0 radical (unpaired) electrons. The van der Waals surface area contributed by atoms with Gasteiger partial charge >= 0.3 is 0 Å². The van der Waals surface area contributed by atoms with Crippen LogP contribution in [-0.4, -0.2) is 42.0 Å². The molecule has 0 spiro atoms. The number of allylic oxidation sites excluding steroid dienone is 1. The van der Waals surface area contributed by atoms with Crippen LogP contribution in [0.2, 0.25) is 0 Å². The highest BCUT2D eigenvalue weighted by Crippen LogP contribution is 2.16. The molecule has 0 bridgehead atoms. The second kappa shape index (κ2) is 7.13. The Morgan fingerprint density at radius 3 is 2.78 bits per heavy atom. The van der Waals surface area contributed by atoms with Gasteiger partial charge in [0.25, 0.3) is 5.70 Å². The number of hydrogen-bond donors (Lipinski definition) is 2. The van der Waals surface area contributed by atoms with Crippen molar-refractivity contribution in [3.8, 4) is 0 Å². The SMILES string of the molecule is CCN(CC)CCNC1C=CC(N)=C([N+](=O)[O-])C1. The van der Waals surface area contributed by atoms with Crippen LogP contribution in [-0.2, 0) is 0 Å². The molecule has 0 aromatic heterocycles. The molecule has 0 heterocycles. The molecule has 0 saturated carbocycles. The van der Waals surface area contributed by atoms with Crippen LogP contribution in [0.1, 0.15) is 20.3 Å². The van der Waals surface area contributed by atoms with Crippen LogP contribution in [0.15, 0.2) is 23.5 Å². The molecule has 1 unspecified atom stereocenters. The molecule has 1 rings (SSSR count). The van der Waals surface area contributed by atoms with Crippen molar-refractivity contribution < 1.29 is 4.92 Å². The number of nitrogens with zero attached hydrogens (tertiary/aromatic N) is 2. The van der Waals surface area contributed by atoms with Gasteiger partial charge in [-0.05, 0) is 19.2 Å². The van der Waals surface area contributed by atoms with Crippen molar-refractivity contribution in [2.75, 3.05) is 26.2 Å². The van der Waals surface area contributed by atoms with Crippen LogP contribution in [0.4, 0.5) is 0 Å². The van der Waals surface area contributed by atoms with E-state index in [1.54, 1.807) is 6.08 Å². The Morgan fingerprint density at radius 1 is 1.56 bits per heavy atom. The second-order valence-corrected chi connectivity index (χ2v) is 4.31. The lowest BCUT2D eigenvalue weighted by atomic mass is 10.0. The number of nitrogens with two attached hydrogens (primary N) is 1. The first-order chi connectivity index (χ1) is 8.58. The van der Waals surface area contributed by atoms with Crippen LogP contribution in [0, 0.1) is 10.1 Å². The van der Waals surface area contributed by atoms with Crippen LogP contribution < -0.4 is 11.1 Å². The third-order valence-electron chi connectivity index (χ3n) is 3.20. The summed E-state index contributed by atoms with van der Waals surface area (Å²) in [4.78, 5) is 12.7. The number of nitro groups is 1. The fraction of sp³-hybridized carbons (Fsp3) is 0.667. The molecule has 0 saturated heterocycles. The van der Waals surface area contributed by atoms with E-state index in [2.05, 4.69) is 24.1 Å². The van der Waals surface area contributed by atoms with E-state index in [4.69, 9.17) is 5.73 Å². The summed E-state index contributed by atoms with van der Waals surface area (Å²) in [7, 11) is 0. The summed E-state index contributed by atoms with van der Waals surface area (Å²) in [6.07, 6.45) is 3.87. The molecule has 3 N–H and O–H groups in total. The van der Waals surface area contributed by atoms with Crippen LogP contribution in [0.5, 0.6) is 0 Å². The predicted octanol–water partition coefficient (Wildman–Crippen LogP) is 0.693. The molecule has 0 fully saturated rings. The maximum Gasteiger partial charge on any atom is 0.270 e. The normalized spacial score (nSPS) is 19.6. The van der Waals surface area contributed by atoms with Crippen molar-refractivity contribution in [1.82, 2.24) is 10.2 Å². The van der Waals surface area contributed by atoms with Gasteiger partial charge in [0, 0.05) is 19.1 Å². The molecule has 0 aliphatic heterocycles. The molecular weight excluding hydrogens is 232 g/mol. The Bertz CT molecular complexity index is 348. The van der Waals surface area contributed by atoms with Crippen molar-refractivity contribution in [3.05, 3.63) is 33.7 Å². The topological polar surface area (TPSA) is 84.4 Å². The van der Waals surface area contributed by atoms with Crippen LogP contribution in [0.25, 0.3) is 0 Å². The number of hydrogen-bond acceptors (Lipinski definition) is 5. The molecule has 0 aromatic carbocycles. The van der Waals surface area contributed by atoms with Crippen molar-refractivity contribution in [3.63, 3.8) is 0 Å². The first-order valence-electron chi connectivity index (χ1n) is 6.35. The highest BCUT2D eigenvalue weighted by molar-refractivity contribution is 5.25. The van der Waals surface area contributed by atoms with Gasteiger partial charge in [-0.25, -0.2) is 0 Å². The lowest BCUT2D eigenvalue weighted by Gasteiger charge is -2.21. The molecule has 1 aliphatic carbocycles. The van der Waals surface area contributed by atoms with Crippen molar-refractivity contribution >= 4 is 0 Å². The first kappa shape index (κ1) is 14.7. The average Bonchev–Trinajstić information content (AvgIpc) is 2.36. The van der Waals surface area contributed by atoms with Crippen LogP contribution >= 0.6 is 0 Å². The standard InChI is InChI=1S/C12H22N4O2/c1-3-15(4-2)8-7-14-10-5-6-11(13)12(9-10)16(17)18/h5-6,10,14H,3-4,7-9,13H2,1-2H3. The van der Waals surface area contributed by atoms with E-state index in [0.717, 1.165) is 26.2 Å². The van der Waals surface area contributed by atoms with Gasteiger partial charge in [-0.1, -0.05) is 19.9 Å². The minimum atomic E-state index is -0.391. The highest BCUT2D eigenvalue weighted by Gasteiger charge is 2.23. The largest absolute Gasteiger partial charge is 0.393 e. The minimum Gasteiger partial charge on any atom is -0.393 e. The molecule has 102 valence electrons. The maximum absolute atomic E-state index is 10.8. The maximum atomic E-state index is 10.8. The van der Waals surface area contributed by atoms with Gasteiger partial charge < -0.3 is 16.0 Å². The van der Waals surface area contributed by atoms with Gasteiger partial charge in [0.15, 0.2) is 0 Å². The lowest BCUT2D eigenvalue weighted by molar-refractivity contribution is -0.429. The van der Waals surface area contributed by atoms with Gasteiger partial charge in [-0.3, -0.25) is 10.1 Å². The number of nitrogens with one attached hydrogen (secondary N) is 1. The predicted molar refractivity (Wildman–Crippen MR) is 71.5 cm³/mol. The molecule has 1 atom stereocenters. The van der Waals surface area contributed by atoms with Gasteiger partial charge in [0.2, 0.25) is 0 Å².